The van der Waals surface area contributed by atoms with Crippen LogP contribution in [0, 0.1) is 0 Å². The van der Waals surface area contributed by atoms with Gasteiger partial charge in [-0.25, -0.2) is 0 Å². The van der Waals surface area contributed by atoms with Crippen LogP contribution in [-0.4, -0.2) is 22.0 Å². The number of carbonyl (C=O) groups excluding carboxylic acids is 1. The SMILES string of the molecule is C[C@@H](c1ccccc1)N1C(=O)[C@H](O)C1c1ccccc1. The summed E-state index contributed by atoms with van der Waals surface area (Å²) in [6.07, 6.45) is -0.927. The number of likely N-dealkylation sites (tertiary alicyclic amines) is 1. The van der Waals surface area contributed by atoms with Crippen LogP contribution in [0.15, 0.2) is 60.7 Å². The van der Waals surface area contributed by atoms with Gasteiger partial charge >= 0.3 is 0 Å². The number of amides is 1. The first-order valence-electron chi connectivity index (χ1n) is 6.80. The molecule has 1 unspecified atom stereocenters. The molecule has 2 aromatic rings. The van der Waals surface area contributed by atoms with Crippen LogP contribution in [0.4, 0.5) is 0 Å². The van der Waals surface area contributed by atoms with Gasteiger partial charge in [-0.3, -0.25) is 4.79 Å². The summed E-state index contributed by atoms with van der Waals surface area (Å²) in [6, 6.07) is 19.3. The Bertz CT molecular complexity index is 597. The van der Waals surface area contributed by atoms with E-state index in [1.54, 1.807) is 4.90 Å². The summed E-state index contributed by atoms with van der Waals surface area (Å²) in [6.45, 7) is 2.00. The van der Waals surface area contributed by atoms with Crippen molar-refractivity contribution in [3.8, 4) is 0 Å². The highest BCUT2D eigenvalue weighted by Gasteiger charge is 2.49. The van der Waals surface area contributed by atoms with Crippen molar-refractivity contribution >= 4 is 5.91 Å². The van der Waals surface area contributed by atoms with Crippen LogP contribution in [0.25, 0.3) is 0 Å². The Hall–Kier alpha value is -2.13. The first-order chi connectivity index (χ1) is 9.70. The summed E-state index contributed by atoms with van der Waals surface area (Å²) in [5, 5.41) is 10.0. The van der Waals surface area contributed by atoms with Crippen LogP contribution in [-0.2, 0) is 4.79 Å². The monoisotopic (exact) mass is 267 g/mol. The Morgan fingerprint density at radius 1 is 1.00 bits per heavy atom. The van der Waals surface area contributed by atoms with E-state index in [-0.39, 0.29) is 18.0 Å². The number of benzene rings is 2. The smallest absolute Gasteiger partial charge is 0.255 e. The lowest BCUT2D eigenvalue weighted by Gasteiger charge is -2.48. The molecule has 3 heteroatoms. The summed E-state index contributed by atoms with van der Waals surface area (Å²) in [5.74, 6) is -0.199. The second kappa shape index (κ2) is 5.10. The quantitative estimate of drug-likeness (QED) is 0.869. The molecule has 1 aliphatic heterocycles. The van der Waals surface area contributed by atoms with Crippen LogP contribution in [0.1, 0.15) is 30.1 Å². The zero-order chi connectivity index (χ0) is 14.1. The van der Waals surface area contributed by atoms with Crippen molar-refractivity contribution in [2.24, 2.45) is 0 Å². The highest BCUT2D eigenvalue weighted by atomic mass is 16.3. The standard InChI is InChI=1S/C17H17NO2/c1-12(13-8-4-2-5-9-13)18-15(16(19)17(18)20)14-10-6-3-7-11-14/h2-12,15-16,19H,1H3/t12-,15?,16+/m0/s1. The van der Waals surface area contributed by atoms with Crippen molar-refractivity contribution in [3.05, 3.63) is 71.8 Å². The van der Waals surface area contributed by atoms with Gasteiger partial charge in [0.25, 0.3) is 5.91 Å². The number of rotatable bonds is 3. The van der Waals surface area contributed by atoms with Crippen LogP contribution in [0.3, 0.4) is 0 Å². The van der Waals surface area contributed by atoms with Gasteiger partial charge in [-0.05, 0) is 18.1 Å². The van der Waals surface area contributed by atoms with E-state index in [4.69, 9.17) is 0 Å². The number of hydrogen-bond donors (Lipinski definition) is 1. The Balaban J connectivity index is 1.90. The molecule has 0 bridgehead atoms. The summed E-state index contributed by atoms with van der Waals surface area (Å²) in [7, 11) is 0. The largest absolute Gasteiger partial charge is 0.381 e. The molecule has 3 nitrogen and oxygen atoms in total. The molecule has 20 heavy (non-hydrogen) atoms. The fourth-order valence-electron chi connectivity index (χ4n) is 2.81. The molecule has 0 spiro atoms. The second-order valence-corrected chi connectivity index (χ2v) is 5.13. The van der Waals surface area contributed by atoms with Gasteiger partial charge in [0.2, 0.25) is 0 Å². The fraction of sp³-hybridized carbons (Fsp3) is 0.235. The molecule has 1 fully saturated rings. The van der Waals surface area contributed by atoms with Gasteiger partial charge < -0.3 is 10.0 Å². The molecular weight excluding hydrogens is 250 g/mol. The third kappa shape index (κ3) is 2.00. The average molecular weight is 267 g/mol. The number of nitrogens with zero attached hydrogens (tertiary/aromatic N) is 1. The third-order valence-electron chi connectivity index (χ3n) is 3.95. The molecule has 3 atom stereocenters. The van der Waals surface area contributed by atoms with E-state index >= 15 is 0 Å². The number of aliphatic hydroxyl groups is 1. The maximum atomic E-state index is 12.0. The minimum Gasteiger partial charge on any atom is -0.381 e. The molecule has 0 saturated carbocycles. The van der Waals surface area contributed by atoms with Crippen molar-refractivity contribution in [1.29, 1.82) is 0 Å². The van der Waals surface area contributed by atoms with Crippen LogP contribution in [0.5, 0.6) is 0 Å². The number of aliphatic hydroxyl groups excluding tert-OH is 1. The lowest BCUT2D eigenvalue weighted by atomic mass is 9.87. The Morgan fingerprint density at radius 3 is 2.15 bits per heavy atom. The van der Waals surface area contributed by atoms with Gasteiger partial charge in [0, 0.05) is 0 Å². The Morgan fingerprint density at radius 2 is 1.55 bits per heavy atom. The molecule has 1 aliphatic rings. The number of carbonyl (C=O) groups is 1. The minimum atomic E-state index is -0.927. The summed E-state index contributed by atoms with van der Waals surface area (Å²) >= 11 is 0. The molecule has 1 heterocycles. The maximum absolute atomic E-state index is 12.0. The van der Waals surface area contributed by atoms with Gasteiger partial charge in [0.05, 0.1) is 12.1 Å². The third-order valence-corrected chi connectivity index (χ3v) is 3.95. The summed E-state index contributed by atoms with van der Waals surface area (Å²) in [4.78, 5) is 13.8. The van der Waals surface area contributed by atoms with Crippen molar-refractivity contribution in [2.45, 2.75) is 25.1 Å². The van der Waals surface area contributed by atoms with E-state index in [0.29, 0.717) is 0 Å². The summed E-state index contributed by atoms with van der Waals surface area (Å²) < 4.78 is 0. The molecular formula is C17H17NO2. The lowest BCUT2D eigenvalue weighted by molar-refractivity contribution is -0.172. The lowest BCUT2D eigenvalue weighted by Crippen LogP contribution is -2.59. The van der Waals surface area contributed by atoms with Crippen molar-refractivity contribution in [3.63, 3.8) is 0 Å². The van der Waals surface area contributed by atoms with Gasteiger partial charge in [-0.1, -0.05) is 60.7 Å². The minimum absolute atomic E-state index is 0.0442. The predicted molar refractivity (Wildman–Crippen MR) is 76.9 cm³/mol. The first kappa shape index (κ1) is 12.9. The molecule has 102 valence electrons. The normalized spacial score (nSPS) is 23.3. The molecule has 1 saturated heterocycles. The highest BCUT2D eigenvalue weighted by Crippen LogP contribution is 2.41. The fourth-order valence-corrected chi connectivity index (χ4v) is 2.81. The Kier molecular flexibility index (Phi) is 3.28. The highest BCUT2D eigenvalue weighted by molar-refractivity contribution is 5.89. The van der Waals surface area contributed by atoms with E-state index in [1.165, 1.54) is 0 Å². The van der Waals surface area contributed by atoms with Crippen molar-refractivity contribution < 1.29 is 9.90 Å². The van der Waals surface area contributed by atoms with Crippen LogP contribution >= 0.6 is 0 Å². The molecule has 2 aromatic carbocycles. The molecule has 0 aliphatic carbocycles. The molecule has 0 radical (unpaired) electrons. The first-order valence-corrected chi connectivity index (χ1v) is 6.80. The van der Waals surface area contributed by atoms with Gasteiger partial charge in [-0.2, -0.15) is 0 Å². The van der Waals surface area contributed by atoms with Gasteiger partial charge in [0.1, 0.15) is 0 Å². The van der Waals surface area contributed by atoms with Crippen molar-refractivity contribution in [2.75, 3.05) is 0 Å². The maximum Gasteiger partial charge on any atom is 0.255 e. The van der Waals surface area contributed by atoms with Gasteiger partial charge in [-0.15, -0.1) is 0 Å². The molecule has 1 amide bonds. The second-order valence-electron chi connectivity index (χ2n) is 5.13. The van der Waals surface area contributed by atoms with Crippen LogP contribution < -0.4 is 0 Å². The van der Waals surface area contributed by atoms with E-state index in [1.807, 2.05) is 67.6 Å². The Labute approximate surface area is 118 Å². The van der Waals surface area contributed by atoms with Gasteiger partial charge in [0.15, 0.2) is 6.10 Å². The number of hydrogen-bond acceptors (Lipinski definition) is 2. The molecule has 0 aromatic heterocycles. The van der Waals surface area contributed by atoms with Crippen LogP contribution in [0.2, 0.25) is 0 Å². The van der Waals surface area contributed by atoms with E-state index < -0.39 is 6.10 Å². The summed E-state index contributed by atoms with van der Waals surface area (Å²) in [5.41, 5.74) is 2.05. The topological polar surface area (TPSA) is 40.5 Å². The van der Waals surface area contributed by atoms with Crippen molar-refractivity contribution in [1.82, 2.24) is 4.90 Å². The molecule has 3 rings (SSSR count). The number of β-lactam (4-membered cyclic amide) rings is 1. The predicted octanol–water partition coefficient (Wildman–Crippen LogP) is 2.69. The zero-order valence-corrected chi connectivity index (χ0v) is 11.3. The van der Waals surface area contributed by atoms with E-state index in [0.717, 1.165) is 11.1 Å². The average Bonchev–Trinajstić information content (AvgIpc) is 2.52. The van der Waals surface area contributed by atoms with E-state index in [9.17, 15) is 9.90 Å². The van der Waals surface area contributed by atoms with E-state index in [2.05, 4.69) is 0 Å². The molecule has 1 N–H and O–H groups in total. The zero-order valence-electron chi connectivity index (χ0n) is 11.3.